The Kier molecular flexibility index (Phi) is 4.15. The van der Waals surface area contributed by atoms with Gasteiger partial charge < -0.3 is 14.6 Å². The lowest BCUT2D eigenvalue weighted by molar-refractivity contribution is -0.126. The number of nitrogens with zero attached hydrogens (tertiary/aromatic N) is 1. The average Bonchev–Trinajstić information content (AvgIpc) is 3.14. The first-order valence-electron chi connectivity index (χ1n) is 6.99. The Morgan fingerprint density at radius 1 is 1.36 bits per heavy atom. The molecule has 1 aliphatic rings. The molecule has 1 saturated heterocycles. The SMILES string of the molecule is O=C(NCc1ccco1)[C@@H]1CC(=O)N(c2cccc(Cl)c2)C1. The van der Waals surface area contributed by atoms with Gasteiger partial charge in [-0.15, -0.1) is 0 Å². The molecule has 3 rings (SSSR count). The van der Waals surface area contributed by atoms with Crippen LogP contribution in [-0.2, 0) is 16.1 Å². The fraction of sp³-hybridized carbons (Fsp3) is 0.250. The molecule has 1 aromatic carbocycles. The van der Waals surface area contributed by atoms with Crippen molar-refractivity contribution in [1.82, 2.24) is 5.32 Å². The molecule has 0 unspecified atom stereocenters. The molecule has 1 fully saturated rings. The topological polar surface area (TPSA) is 62.6 Å². The van der Waals surface area contributed by atoms with Gasteiger partial charge in [-0.1, -0.05) is 17.7 Å². The van der Waals surface area contributed by atoms with Gasteiger partial charge >= 0.3 is 0 Å². The average molecular weight is 319 g/mol. The molecule has 1 aromatic heterocycles. The molecule has 0 spiro atoms. The molecule has 114 valence electrons. The van der Waals surface area contributed by atoms with Crippen molar-refractivity contribution in [2.45, 2.75) is 13.0 Å². The Bertz CT molecular complexity index is 684. The number of hydrogen-bond acceptors (Lipinski definition) is 3. The normalized spacial score (nSPS) is 17.8. The third-order valence-electron chi connectivity index (χ3n) is 3.63. The molecule has 2 aromatic rings. The standard InChI is InChI=1S/C16H15ClN2O3/c17-12-3-1-4-13(8-12)19-10-11(7-15(19)20)16(21)18-9-14-5-2-6-22-14/h1-6,8,11H,7,9-10H2,(H,18,21)/t11-/m1/s1. The Balaban J connectivity index is 1.62. The van der Waals surface area contributed by atoms with Crippen molar-refractivity contribution in [3.05, 3.63) is 53.4 Å². The maximum atomic E-state index is 12.2. The van der Waals surface area contributed by atoms with Crippen LogP contribution < -0.4 is 10.2 Å². The van der Waals surface area contributed by atoms with Crippen LogP contribution in [0.25, 0.3) is 0 Å². The number of nitrogens with one attached hydrogen (secondary N) is 1. The van der Waals surface area contributed by atoms with Crippen LogP contribution >= 0.6 is 11.6 Å². The Morgan fingerprint density at radius 3 is 2.95 bits per heavy atom. The lowest BCUT2D eigenvalue weighted by Crippen LogP contribution is -2.32. The number of benzene rings is 1. The largest absolute Gasteiger partial charge is 0.467 e. The molecule has 1 atom stereocenters. The summed E-state index contributed by atoms with van der Waals surface area (Å²) in [7, 11) is 0. The smallest absolute Gasteiger partial charge is 0.227 e. The number of furan rings is 1. The van der Waals surface area contributed by atoms with Crippen LogP contribution in [0.1, 0.15) is 12.2 Å². The van der Waals surface area contributed by atoms with Gasteiger partial charge in [-0.05, 0) is 30.3 Å². The second-order valence-corrected chi connectivity index (χ2v) is 5.62. The molecule has 6 heteroatoms. The van der Waals surface area contributed by atoms with Gasteiger partial charge in [0.1, 0.15) is 5.76 Å². The second-order valence-electron chi connectivity index (χ2n) is 5.18. The molecule has 1 aliphatic heterocycles. The van der Waals surface area contributed by atoms with Crippen LogP contribution in [0.15, 0.2) is 47.1 Å². The molecule has 5 nitrogen and oxygen atoms in total. The van der Waals surface area contributed by atoms with Gasteiger partial charge in [-0.3, -0.25) is 9.59 Å². The molecular formula is C16H15ClN2O3. The summed E-state index contributed by atoms with van der Waals surface area (Å²) in [5.41, 5.74) is 0.721. The Morgan fingerprint density at radius 2 is 2.23 bits per heavy atom. The molecular weight excluding hydrogens is 304 g/mol. The van der Waals surface area contributed by atoms with E-state index >= 15 is 0 Å². The van der Waals surface area contributed by atoms with Gasteiger partial charge in [-0.2, -0.15) is 0 Å². The van der Waals surface area contributed by atoms with Gasteiger partial charge in [0.25, 0.3) is 0 Å². The number of carbonyl (C=O) groups excluding carboxylic acids is 2. The molecule has 0 aliphatic carbocycles. The van der Waals surface area contributed by atoms with E-state index in [1.807, 2.05) is 6.07 Å². The first kappa shape index (κ1) is 14.7. The van der Waals surface area contributed by atoms with Gasteiger partial charge in [0.05, 0.1) is 18.7 Å². The minimum Gasteiger partial charge on any atom is -0.467 e. The molecule has 1 N–H and O–H groups in total. The van der Waals surface area contributed by atoms with E-state index in [4.69, 9.17) is 16.0 Å². The van der Waals surface area contributed by atoms with Crippen molar-refractivity contribution in [1.29, 1.82) is 0 Å². The van der Waals surface area contributed by atoms with E-state index in [1.54, 1.807) is 41.5 Å². The van der Waals surface area contributed by atoms with E-state index in [0.29, 0.717) is 23.9 Å². The highest BCUT2D eigenvalue weighted by molar-refractivity contribution is 6.30. The van der Waals surface area contributed by atoms with Crippen molar-refractivity contribution < 1.29 is 14.0 Å². The van der Waals surface area contributed by atoms with E-state index < -0.39 is 0 Å². The van der Waals surface area contributed by atoms with Crippen LogP contribution in [0.4, 0.5) is 5.69 Å². The number of hydrogen-bond donors (Lipinski definition) is 1. The lowest BCUT2D eigenvalue weighted by atomic mass is 10.1. The molecule has 2 amide bonds. The fourth-order valence-corrected chi connectivity index (χ4v) is 2.69. The number of rotatable bonds is 4. The zero-order chi connectivity index (χ0) is 15.5. The van der Waals surface area contributed by atoms with E-state index in [0.717, 1.165) is 5.69 Å². The van der Waals surface area contributed by atoms with Gasteiger partial charge in [0.15, 0.2) is 0 Å². The summed E-state index contributed by atoms with van der Waals surface area (Å²) in [6.07, 6.45) is 1.76. The monoisotopic (exact) mass is 318 g/mol. The maximum Gasteiger partial charge on any atom is 0.227 e. The number of halogens is 1. The van der Waals surface area contributed by atoms with Crippen LogP contribution in [0, 0.1) is 5.92 Å². The highest BCUT2D eigenvalue weighted by atomic mass is 35.5. The van der Waals surface area contributed by atoms with Crippen molar-refractivity contribution in [2.24, 2.45) is 5.92 Å². The van der Waals surface area contributed by atoms with Crippen LogP contribution in [0.5, 0.6) is 0 Å². The summed E-state index contributed by atoms with van der Waals surface area (Å²) in [6, 6.07) is 10.6. The molecule has 0 bridgehead atoms. The zero-order valence-corrected chi connectivity index (χ0v) is 12.5. The van der Waals surface area contributed by atoms with Crippen LogP contribution in [-0.4, -0.2) is 18.4 Å². The Labute approximate surface area is 132 Å². The fourth-order valence-electron chi connectivity index (χ4n) is 2.51. The number of carbonyl (C=O) groups is 2. The van der Waals surface area contributed by atoms with E-state index in [2.05, 4.69) is 5.32 Å². The van der Waals surface area contributed by atoms with Crippen molar-refractivity contribution in [3.63, 3.8) is 0 Å². The summed E-state index contributed by atoms with van der Waals surface area (Å²) < 4.78 is 5.16. The summed E-state index contributed by atoms with van der Waals surface area (Å²) in [6.45, 7) is 0.691. The van der Waals surface area contributed by atoms with Gasteiger partial charge in [0.2, 0.25) is 11.8 Å². The predicted octanol–water partition coefficient (Wildman–Crippen LogP) is 2.60. The first-order valence-corrected chi connectivity index (χ1v) is 7.37. The minimum atomic E-state index is -0.360. The van der Waals surface area contributed by atoms with Crippen molar-refractivity contribution in [3.8, 4) is 0 Å². The summed E-state index contributed by atoms with van der Waals surface area (Å²) >= 11 is 5.95. The number of anilines is 1. The van der Waals surface area contributed by atoms with E-state index in [9.17, 15) is 9.59 Å². The third-order valence-corrected chi connectivity index (χ3v) is 3.87. The van der Waals surface area contributed by atoms with Crippen molar-refractivity contribution >= 4 is 29.1 Å². The molecule has 2 heterocycles. The van der Waals surface area contributed by atoms with Crippen LogP contribution in [0.3, 0.4) is 0 Å². The third kappa shape index (κ3) is 3.14. The number of amides is 2. The second kappa shape index (κ2) is 6.23. The minimum absolute atomic E-state index is 0.0691. The van der Waals surface area contributed by atoms with E-state index in [1.165, 1.54) is 0 Å². The zero-order valence-electron chi connectivity index (χ0n) is 11.8. The summed E-state index contributed by atoms with van der Waals surface area (Å²) in [5, 5.41) is 3.36. The molecule has 0 radical (unpaired) electrons. The summed E-state index contributed by atoms with van der Waals surface area (Å²) in [5.74, 6) is 0.112. The van der Waals surface area contributed by atoms with Crippen LogP contribution in [0.2, 0.25) is 5.02 Å². The first-order chi connectivity index (χ1) is 10.6. The lowest BCUT2D eigenvalue weighted by Gasteiger charge is -2.16. The van der Waals surface area contributed by atoms with Gasteiger partial charge in [0, 0.05) is 23.7 Å². The highest BCUT2D eigenvalue weighted by Gasteiger charge is 2.35. The Hall–Kier alpha value is -2.27. The predicted molar refractivity (Wildman–Crippen MR) is 82.5 cm³/mol. The summed E-state index contributed by atoms with van der Waals surface area (Å²) in [4.78, 5) is 25.9. The highest BCUT2D eigenvalue weighted by Crippen LogP contribution is 2.27. The van der Waals surface area contributed by atoms with E-state index in [-0.39, 0.29) is 24.2 Å². The van der Waals surface area contributed by atoms with Gasteiger partial charge in [-0.25, -0.2) is 0 Å². The maximum absolute atomic E-state index is 12.2. The molecule has 0 saturated carbocycles. The molecule has 22 heavy (non-hydrogen) atoms. The van der Waals surface area contributed by atoms with Crippen molar-refractivity contribution in [2.75, 3.05) is 11.4 Å². The quantitative estimate of drug-likeness (QED) is 0.942.